The van der Waals surface area contributed by atoms with Crippen molar-refractivity contribution in [2.24, 2.45) is 5.73 Å². The quantitative estimate of drug-likeness (QED) is 0.328. The van der Waals surface area contributed by atoms with Crippen LogP contribution >= 0.6 is 0 Å². The average molecular weight is 600 g/mol. The Kier molecular flexibility index (Phi) is 9.55. The Morgan fingerprint density at radius 3 is 2.66 bits per heavy atom. The van der Waals surface area contributed by atoms with Crippen molar-refractivity contribution in [2.75, 3.05) is 45.6 Å². The van der Waals surface area contributed by atoms with E-state index in [2.05, 4.69) is 68.7 Å². The molecule has 0 saturated carbocycles. The largest absolute Gasteiger partial charge is 0.486 e. The number of nitriles is 1. The molecule has 1 amide bonds. The smallest absolute Gasteiger partial charge is 0.271 e. The first kappa shape index (κ1) is 30.7. The minimum absolute atomic E-state index is 0.00847. The van der Waals surface area contributed by atoms with Crippen molar-refractivity contribution in [1.82, 2.24) is 30.1 Å². The van der Waals surface area contributed by atoms with Gasteiger partial charge in [-0.1, -0.05) is 6.07 Å². The van der Waals surface area contributed by atoms with Crippen molar-refractivity contribution in [3.8, 4) is 23.2 Å². The highest BCUT2D eigenvalue weighted by Crippen LogP contribution is 2.32. The first-order valence-corrected chi connectivity index (χ1v) is 14.8. The van der Waals surface area contributed by atoms with Gasteiger partial charge in [-0.15, -0.1) is 0 Å². The van der Waals surface area contributed by atoms with Gasteiger partial charge in [-0.25, -0.2) is 14.4 Å². The van der Waals surface area contributed by atoms with E-state index in [4.69, 9.17) is 10.5 Å². The lowest BCUT2D eigenvalue weighted by atomic mass is 9.87. The van der Waals surface area contributed by atoms with E-state index in [9.17, 15) is 10.1 Å². The molecular formula is C32H38FN9O2. The highest BCUT2D eigenvalue weighted by Gasteiger charge is 2.34. The summed E-state index contributed by atoms with van der Waals surface area (Å²) in [6.07, 6.45) is 3.12. The van der Waals surface area contributed by atoms with Gasteiger partial charge in [0.05, 0.1) is 12.1 Å². The zero-order valence-corrected chi connectivity index (χ0v) is 25.3. The molecule has 2 aliphatic rings. The van der Waals surface area contributed by atoms with Crippen LogP contribution in [0.15, 0.2) is 54.6 Å². The third-order valence-corrected chi connectivity index (χ3v) is 8.21. The molecule has 1 unspecified atom stereocenters. The molecule has 2 aliphatic heterocycles. The van der Waals surface area contributed by atoms with Crippen LogP contribution in [0.2, 0.25) is 0 Å². The second-order valence-electron chi connectivity index (χ2n) is 11.3. The van der Waals surface area contributed by atoms with E-state index >= 15 is 4.39 Å². The van der Waals surface area contributed by atoms with Gasteiger partial charge in [0.15, 0.2) is 12.0 Å². The summed E-state index contributed by atoms with van der Waals surface area (Å²) in [6, 6.07) is 13.4. The van der Waals surface area contributed by atoms with Gasteiger partial charge in [0, 0.05) is 37.5 Å². The van der Waals surface area contributed by atoms with Crippen LogP contribution in [0.1, 0.15) is 41.9 Å². The number of nitrogens with one attached hydrogen (secondary N) is 2. The molecule has 0 radical (unpaired) electrons. The maximum Gasteiger partial charge on any atom is 0.271 e. The minimum Gasteiger partial charge on any atom is -0.486 e. The zero-order chi connectivity index (χ0) is 31.2. The summed E-state index contributed by atoms with van der Waals surface area (Å²) in [5, 5.41) is 15.8. The van der Waals surface area contributed by atoms with Gasteiger partial charge in [-0.3, -0.25) is 4.79 Å². The van der Waals surface area contributed by atoms with E-state index in [1.165, 1.54) is 28.6 Å². The van der Waals surface area contributed by atoms with Gasteiger partial charge in [0.25, 0.3) is 5.91 Å². The minimum atomic E-state index is -1.44. The Morgan fingerprint density at radius 1 is 1.16 bits per heavy atom. The molecule has 0 spiro atoms. The molecular weight excluding hydrogens is 561 g/mol. The number of halogens is 1. The standard InChI is InChI=1S/C32H38FN9O2/c1-20-14-24(5-6-25(20)21-8-11-41(3)12-9-21)39-32-38-19-37-30(40-32)22-4-7-28(23(15-22)16-34)44-29-10-13-42(18-26(29)33)31(43)27(35)17-36-2/h4-7,14-15,17,19,21,26,29,36H,8-13,18,35H2,1-3H3,(H,37,38,39,40)/b27-17-/t26-,29?/m1/s1. The summed E-state index contributed by atoms with van der Waals surface area (Å²) in [4.78, 5) is 29.3. The van der Waals surface area contributed by atoms with Crippen LogP contribution in [0.5, 0.6) is 5.75 Å². The van der Waals surface area contributed by atoms with Gasteiger partial charge in [0.2, 0.25) is 5.95 Å². The van der Waals surface area contributed by atoms with E-state index in [0.29, 0.717) is 23.3 Å². The second-order valence-corrected chi connectivity index (χ2v) is 11.3. The first-order chi connectivity index (χ1) is 21.2. The van der Waals surface area contributed by atoms with E-state index in [1.807, 2.05) is 0 Å². The number of aromatic nitrogens is 3. The number of amides is 1. The molecule has 0 bridgehead atoms. The number of ether oxygens (including phenoxy) is 1. The fourth-order valence-electron chi connectivity index (χ4n) is 5.78. The second kappa shape index (κ2) is 13.7. The van der Waals surface area contributed by atoms with Crippen molar-refractivity contribution in [3.63, 3.8) is 0 Å². The number of hydrogen-bond donors (Lipinski definition) is 3. The van der Waals surface area contributed by atoms with Crippen LogP contribution in [0, 0.1) is 18.3 Å². The number of aryl methyl sites for hydroxylation is 1. The predicted molar refractivity (Wildman–Crippen MR) is 166 cm³/mol. The first-order valence-electron chi connectivity index (χ1n) is 14.8. The molecule has 0 aliphatic carbocycles. The van der Waals surface area contributed by atoms with E-state index in [1.54, 1.807) is 25.2 Å². The molecule has 2 atom stereocenters. The normalized spacial score (nSPS) is 19.7. The number of piperidine rings is 2. The molecule has 12 heteroatoms. The number of benzene rings is 2. The van der Waals surface area contributed by atoms with E-state index in [0.717, 1.165) is 31.6 Å². The number of carbonyl (C=O) groups is 1. The van der Waals surface area contributed by atoms with Gasteiger partial charge >= 0.3 is 0 Å². The average Bonchev–Trinajstić information content (AvgIpc) is 3.02. The summed E-state index contributed by atoms with van der Waals surface area (Å²) < 4.78 is 21.0. The highest BCUT2D eigenvalue weighted by molar-refractivity contribution is 5.92. The predicted octanol–water partition coefficient (Wildman–Crippen LogP) is 3.61. The topological polar surface area (TPSA) is 145 Å². The number of alkyl halides is 1. The zero-order valence-electron chi connectivity index (χ0n) is 25.3. The van der Waals surface area contributed by atoms with Crippen LogP contribution < -0.4 is 21.1 Å². The van der Waals surface area contributed by atoms with Crippen LogP contribution in [-0.4, -0.2) is 83.2 Å². The molecule has 3 heterocycles. The Bertz CT molecular complexity index is 1570. The summed E-state index contributed by atoms with van der Waals surface area (Å²) in [5.41, 5.74) is 10.1. The summed E-state index contributed by atoms with van der Waals surface area (Å²) >= 11 is 0. The number of carbonyl (C=O) groups excluding carboxylic acids is 1. The molecule has 2 fully saturated rings. The molecule has 5 rings (SSSR count). The summed E-state index contributed by atoms with van der Waals surface area (Å²) in [6.45, 7) is 4.49. The summed E-state index contributed by atoms with van der Waals surface area (Å²) in [5.74, 6) is 1.15. The summed E-state index contributed by atoms with van der Waals surface area (Å²) in [7, 11) is 3.80. The van der Waals surface area contributed by atoms with Crippen LogP contribution in [0.4, 0.5) is 16.0 Å². The fraction of sp³-hybridized carbons (Fsp3) is 0.406. The third-order valence-electron chi connectivity index (χ3n) is 8.21. The molecule has 2 saturated heterocycles. The Morgan fingerprint density at radius 2 is 1.95 bits per heavy atom. The lowest BCUT2D eigenvalue weighted by Crippen LogP contribution is -2.50. The Hall–Kier alpha value is -4.76. The maximum atomic E-state index is 15.0. The molecule has 4 N–H and O–H groups in total. The fourth-order valence-corrected chi connectivity index (χ4v) is 5.78. The number of nitrogens with two attached hydrogens (primary N) is 1. The Labute approximate surface area is 256 Å². The lowest BCUT2D eigenvalue weighted by molar-refractivity contribution is -0.131. The van der Waals surface area contributed by atoms with Crippen molar-refractivity contribution < 1.29 is 13.9 Å². The lowest BCUT2D eigenvalue weighted by Gasteiger charge is -2.34. The van der Waals surface area contributed by atoms with Gasteiger partial charge in [-0.05, 0) is 87.3 Å². The van der Waals surface area contributed by atoms with Crippen molar-refractivity contribution in [1.29, 1.82) is 5.26 Å². The highest BCUT2D eigenvalue weighted by atomic mass is 19.1. The number of hydrogen-bond acceptors (Lipinski definition) is 10. The van der Waals surface area contributed by atoms with Crippen LogP contribution in [-0.2, 0) is 4.79 Å². The SMILES string of the molecule is CN/C=C(\N)C(=O)N1CCC(Oc2ccc(-c3ncnc(Nc4ccc(C5CCN(C)CC5)c(C)c4)n3)cc2C#N)[C@H](F)C1. The molecule has 1 aromatic heterocycles. The van der Waals surface area contributed by atoms with E-state index in [-0.39, 0.29) is 36.5 Å². The van der Waals surface area contributed by atoms with Crippen LogP contribution in [0.3, 0.4) is 0 Å². The molecule has 11 nitrogen and oxygen atoms in total. The van der Waals surface area contributed by atoms with Crippen molar-refractivity contribution in [3.05, 3.63) is 71.3 Å². The monoisotopic (exact) mass is 599 g/mol. The number of anilines is 2. The third kappa shape index (κ3) is 7.06. The molecule has 230 valence electrons. The van der Waals surface area contributed by atoms with Crippen molar-refractivity contribution in [2.45, 2.75) is 44.4 Å². The van der Waals surface area contributed by atoms with Crippen molar-refractivity contribution >= 4 is 17.5 Å². The van der Waals surface area contributed by atoms with Gasteiger partial charge < -0.3 is 30.9 Å². The van der Waals surface area contributed by atoms with Gasteiger partial charge in [0.1, 0.15) is 29.9 Å². The van der Waals surface area contributed by atoms with Crippen LogP contribution in [0.25, 0.3) is 11.4 Å². The molecule has 2 aromatic carbocycles. The molecule has 44 heavy (non-hydrogen) atoms. The van der Waals surface area contributed by atoms with Gasteiger partial charge in [-0.2, -0.15) is 10.2 Å². The number of rotatable bonds is 8. The van der Waals surface area contributed by atoms with E-state index < -0.39 is 18.2 Å². The Balaban J connectivity index is 1.25. The number of likely N-dealkylation sites (tertiary alicyclic amines) is 2. The maximum absolute atomic E-state index is 15.0. The molecule has 3 aromatic rings. The number of nitrogens with zero attached hydrogens (tertiary/aromatic N) is 6.